The van der Waals surface area contributed by atoms with Gasteiger partial charge in [-0.05, 0) is 43.4 Å². The van der Waals surface area contributed by atoms with Crippen molar-refractivity contribution in [2.75, 3.05) is 19.8 Å². The Hall–Kier alpha value is -1.89. The Bertz CT molecular complexity index is 680. The van der Waals surface area contributed by atoms with Gasteiger partial charge in [-0.2, -0.15) is 0 Å². The van der Waals surface area contributed by atoms with Gasteiger partial charge in [-0.1, -0.05) is 35.9 Å². The Labute approximate surface area is 171 Å². The Morgan fingerprint density at radius 1 is 1.43 bits per heavy atom. The van der Waals surface area contributed by atoms with Gasteiger partial charge in [-0.25, -0.2) is 0 Å². The molecule has 3 N–H and O–H groups in total. The van der Waals surface area contributed by atoms with Crippen molar-refractivity contribution in [3.63, 3.8) is 0 Å². The highest BCUT2D eigenvalue weighted by molar-refractivity contribution is 6.30. The van der Waals surface area contributed by atoms with Crippen LogP contribution in [0.4, 0.5) is 0 Å². The number of amides is 2. The van der Waals surface area contributed by atoms with E-state index in [-0.39, 0.29) is 18.6 Å². The second-order valence-corrected chi connectivity index (χ2v) is 7.50. The summed E-state index contributed by atoms with van der Waals surface area (Å²) in [4.78, 5) is 24.8. The second-order valence-electron chi connectivity index (χ2n) is 7.06. The van der Waals surface area contributed by atoms with Gasteiger partial charge in [0.15, 0.2) is 0 Å². The van der Waals surface area contributed by atoms with Crippen molar-refractivity contribution in [1.29, 1.82) is 0 Å². The molecule has 1 saturated heterocycles. The van der Waals surface area contributed by atoms with Gasteiger partial charge in [0.25, 0.3) is 0 Å². The van der Waals surface area contributed by atoms with Crippen LogP contribution in [0, 0.1) is 0 Å². The largest absolute Gasteiger partial charge is 0.389 e. The molecular weight excluding hydrogens is 380 g/mol. The van der Waals surface area contributed by atoms with Gasteiger partial charge in [0, 0.05) is 31.0 Å². The minimum atomic E-state index is -0.625. The van der Waals surface area contributed by atoms with E-state index in [1.54, 1.807) is 12.1 Å². The Morgan fingerprint density at radius 3 is 3.00 bits per heavy atom. The van der Waals surface area contributed by atoms with Crippen LogP contribution in [0.1, 0.15) is 37.7 Å². The lowest BCUT2D eigenvalue weighted by atomic mass is 9.99. The van der Waals surface area contributed by atoms with E-state index < -0.39 is 12.0 Å². The van der Waals surface area contributed by atoms with E-state index in [1.807, 2.05) is 29.2 Å². The first kappa shape index (κ1) is 22.4. The van der Waals surface area contributed by atoms with Crippen LogP contribution in [0.25, 0.3) is 0 Å². The zero-order chi connectivity index (χ0) is 20.4. The number of hydrogen-bond donors (Lipinski definition) is 2. The Morgan fingerprint density at radius 2 is 2.25 bits per heavy atom. The number of ether oxygens (including phenoxy) is 1. The number of aliphatic hydroxyl groups is 1. The van der Waals surface area contributed by atoms with Crippen LogP contribution < -0.4 is 5.73 Å². The summed E-state index contributed by atoms with van der Waals surface area (Å²) in [6, 6.07) is 7.44. The first-order valence-electron chi connectivity index (χ1n) is 9.72. The summed E-state index contributed by atoms with van der Waals surface area (Å²) >= 11 is 5.98. The maximum Gasteiger partial charge on any atom is 0.243 e. The number of nitrogens with two attached hydrogens (primary N) is 1. The molecule has 1 aliphatic heterocycles. The smallest absolute Gasteiger partial charge is 0.243 e. The zero-order valence-corrected chi connectivity index (χ0v) is 16.8. The molecule has 0 bridgehead atoms. The standard InChI is InChI=1S/C21H29ClN2O4/c22-17-6-3-5-16(13-17)14-19(25)10-9-18-7-4-8-21(27)24(18)11-1-2-12-28-15-20(23)26/h3,5-6,9-10,13,18-19,25H,1-2,4,7-8,11-12,14-15H2,(H2,23,26)/b10-9+/t18?,19-/m0/s1. The molecule has 0 spiro atoms. The summed E-state index contributed by atoms with van der Waals surface area (Å²) in [7, 11) is 0. The third kappa shape index (κ3) is 8.00. The number of benzene rings is 1. The van der Waals surface area contributed by atoms with Gasteiger partial charge in [0.2, 0.25) is 11.8 Å². The summed E-state index contributed by atoms with van der Waals surface area (Å²) in [6.07, 6.45) is 7.43. The van der Waals surface area contributed by atoms with Gasteiger partial charge in [0.05, 0.1) is 12.1 Å². The number of unbranched alkanes of at least 4 members (excludes halogenated alkanes) is 1. The highest BCUT2D eigenvalue weighted by atomic mass is 35.5. The predicted molar refractivity (Wildman–Crippen MR) is 109 cm³/mol. The fraction of sp³-hybridized carbons (Fsp3) is 0.524. The molecule has 0 aliphatic carbocycles. The van der Waals surface area contributed by atoms with Crippen LogP contribution in [-0.4, -0.2) is 53.7 Å². The van der Waals surface area contributed by atoms with Crippen LogP contribution in [0.5, 0.6) is 0 Å². The number of aliphatic hydroxyl groups excluding tert-OH is 1. The molecule has 1 unspecified atom stereocenters. The van der Waals surface area contributed by atoms with Gasteiger partial charge in [-0.3, -0.25) is 9.59 Å². The molecule has 6 nitrogen and oxygen atoms in total. The number of carbonyl (C=O) groups is 2. The average molecular weight is 409 g/mol. The van der Waals surface area contributed by atoms with E-state index in [1.165, 1.54) is 0 Å². The zero-order valence-electron chi connectivity index (χ0n) is 16.1. The molecule has 0 radical (unpaired) electrons. The summed E-state index contributed by atoms with van der Waals surface area (Å²) in [5.74, 6) is -0.337. The number of likely N-dealkylation sites (tertiary alicyclic amines) is 1. The van der Waals surface area contributed by atoms with E-state index in [0.717, 1.165) is 31.2 Å². The molecule has 7 heteroatoms. The number of halogens is 1. The molecule has 1 aromatic carbocycles. The lowest BCUT2D eigenvalue weighted by Gasteiger charge is -2.34. The minimum absolute atomic E-state index is 0.00167. The van der Waals surface area contributed by atoms with Crippen molar-refractivity contribution < 1.29 is 19.4 Å². The van der Waals surface area contributed by atoms with Crippen molar-refractivity contribution in [3.8, 4) is 0 Å². The van der Waals surface area contributed by atoms with Crippen LogP contribution in [-0.2, 0) is 20.7 Å². The molecule has 1 aromatic rings. The first-order chi connectivity index (χ1) is 13.5. The highest BCUT2D eigenvalue weighted by Crippen LogP contribution is 2.20. The quantitative estimate of drug-likeness (QED) is 0.434. The van der Waals surface area contributed by atoms with E-state index in [9.17, 15) is 14.7 Å². The number of rotatable bonds is 11. The van der Waals surface area contributed by atoms with Crippen molar-refractivity contribution >= 4 is 23.4 Å². The molecule has 28 heavy (non-hydrogen) atoms. The highest BCUT2D eigenvalue weighted by Gasteiger charge is 2.25. The fourth-order valence-corrected chi connectivity index (χ4v) is 3.54. The monoisotopic (exact) mass is 408 g/mol. The predicted octanol–water partition coefficient (Wildman–Crippen LogP) is 2.46. The Balaban J connectivity index is 1.82. The number of carbonyl (C=O) groups excluding carboxylic acids is 2. The first-order valence-corrected chi connectivity index (χ1v) is 10.1. The molecule has 154 valence electrons. The molecule has 2 atom stereocenters. The van der Waals surface area contributed by atoms with E-state index in [4.69, 9.17) is 22.1 Å². The third-order valence-corrected chi connectivity index (χ3v) is 4.92. The van der Waals surface area contributed by atoms with Crippen molar-refractivity contribution in [3.05, 3.63) is 47.0 Å². The third-order valence-electron chi connectivity index (χ3n) is 4.68. The van der Waals surface area contributed by atoms with Crippen molar-refractivity contribution in [2.24, 2.45) is 5.73 Å². The van der Waals surface area contributed by atoms with Crippen molar-refractivity contribution in [1.82, 2.24) is 4.90 Å². The number of piperidine rings is 1. The maximum atomic E-state index is 12.3. The van der Waals surface area contributed by atoms with E-state index >= 15 is 0 Å². The molecule has 1 heterocycles. The van der Waals surface area contributed by atoms with Gasteiger partial charge >= 0.3 is 0 Å². The van der Waals surface area contributed by atoms with E-state index in [0.29, 0.717) is 31.0 Å². The molecule has 2 amide bonds. The van der Waals surface area contributed by atoms with Gasteiger partial charge < -0.3 is 20.5 Å². The van der Waals surface area contributed by atoms with E-state index in [2.05, 4.69) is 0 Å². The number of nitrogens with zero attached hydrogens (tertiary/aromatic N) is 1. The minimum Gasteiger partial charge on any atom is -0.389 e. The number of hydrogen-bond acceptors (Lipinski definition) is 4. The normalized spacial score (nSPS) is 18.6. The molecule has 0 saturated carbocycles. The molecule has 2 rings (SSSR count). The van der Waals surface area contributed by atoms with Crippen LogP contribution in [0.2, 0.25) is 5.02 Å². The Kier molecular flexibility index (Phi) is 9.47. The van der Waals surface area contributed by atoms with Crippen LogP contribution in [0.15, 0.2) is 36.4 Å². The topological polar surface area (TPSA) is 92.9 Å². The fourth-order valence-electron chi connectivity index (χ4n) is 3.33. The summed E-state index contributed by atoms with van der Waals surface area (Å²) in [6.45, 7) is 1.01. The SMILES string of the molecule is NC(=O)COCCCCN1C(=O)CCCC1/C=C/[C@H](O)Cc1cccc(Cl)c1. The summed E-state index contributed by atoms with van der Waals surface area (Å²) < 4.78 is 5.15. The summed E-state index contributed by atoms with van der Waals surface area (Å²) in [5, 5.41) is 11.0. The van der Waals surface area contributed by atoms with Crippen LogP contribution >= 0.6 is 11.6 Å². The summed E-state index contributed by atoms with van der Waals surface area (Å²) in [5.41, 5.74) is 5.99. The van der Waals surface area contributed by atoms with Crippen LogP contribution in [0.3, 0.4) is 0 Å². The van der Waals surface area contributed by atoms with Gasteiger partial charge in [-0.15, -0.1) is 0 Å². The van der Waals surface area contributed by atoms with Gasteiger partial charge in [0.1, 0.15) is 6.61 Å². The number of primary amides is 1. The lowest BCUT2D eigenvalue weighted by Crippen LogP contribution is -2.43. The lowest BCUT2D eigenvalue weighted by molar-refractivity contribution is -0.135. The van der Waals surface area contributed by atoms with Crippen molar-refractivity contribution in [2.45, 2.75) is 50.7 Å². The molecule has 1 aliphatic rings. The average Bonchev–Trinajstić information content (AvgIpc) is 2.64. The molecular formula is C21H29ClN2O4. The maximum absolute atomic E-state index is 12.3. The molecule has 1 fully saturated rings. The molecule has 0 aromatic heterocycles. The second kappa shape index (κ2) is 11.8.